The van der Waals surface area contributed by atoms with E-state index >= 15 is 0 Å². The first-order valence-electron chi connectivity index (χ1n) is 6.06. The number of nitrogens with zero attached hydrogens (tertiary/aromatic N) is 1. The van der Waals surface area contributed by atoms with E-state index in [2.05, 4.69) is 18.7 Å². The maximum absolute atomic E-state index is 10.3. The lowest BCUT2D eigenvalue weighted by Crippen LogP contribution is -2.01. The van der Waals surface area contributed by atoms with E-state index in [0.29, 0.717) is 12.3 Å². The number of benzene rings is 1. The molecule has 18 heavy (non-hydrogen) atoms. The Morgan fingerprint density at radius 1 is 1.11 bits per heavy atom. The third-order valence-corrected chi connectivity index (χ3v) is 3.76. The van der Waals surface area contributed by atoms with E-state index in [1.165, 1.54) is 5.56 Å². The zero-order valence-electron chi connectivity index (χ0n) is 9.93. The summed E-state index contributed by atoms with van der Waals surface area (Å²) in [5.41, 5.74) is 3.90. The van der Waals surface area contributed by atoms with Crippen molar-refractivity contribution in [1.29, 1.82) is 0 Å². The Morgan fingerprint density at radius 2 is 1.89 bits per heavy atom. The lowest BCUT2D eigenvalue weighted by molar-refractivity contribution is 0.373. The minimum Gasteiger partial charge on any atom is -0.494 e. The first-order valence-corrected chi connectivity index (χ1v) is 6.69. The molecule has 0 radical (unpaired) electrons. The first kappa shape index (κ1) is 11.5. The third-order valence-electron chi connectivity index (χ3n) is 3.56. The molecule has 0 aliphatic heterocycles. The van der Waals surface area contributed by atoms with E-state index in [0.717, 1.165) is 29.5 Å². The molecule has 3 nitrogen and oxygen atoms in total. The Kier molecular flexibility index (Phi) is 2.74. The van der Waals surface area contributed by atoms with Crippen molar-refractivity contribution in [3.05, 3.63) is 35.4 Å². The summed E-state index contributed by atoms with van der Waals surface area (Å²) < 4.78 is 1.54. The smallest absolute Gasteiger partial charge is 0.202 e. The maximum atomic E-state index is 10.3. The van der Waals surface area contributed by atoms with E-state index in [9.17, 15) is 10.2 Å². The number of hydrogen-bond acceptors (Lipinski definition) is 3. The predicted molar refractivity (Wildman–Crippen MR) is 74.5 cm³/mol. The van der Waals surface area contributed by atoms with Crippen molar-refractivity contribution in [2.45, 2.75) is 19.4 Å². The number of aromatic hydroxyl groups is 2. The molecule has 0 saturated carbocycles. The predicted octanol–water partition coefficient (Wildman–Crippen LogP) is 2.59. The van der Waals surface area contributed by atoms with Crippen LogP contribution in [0, 0.1) is 0 Å². The summed E-state index contributed by atoms with van der Waals surface area (Å²) in [6.45, 7) is 0.510. The van der Waals surface area contributed by atoms with Gasteiger partial charge in [-0.2, -0.15) is 12.6 Å². The Labute approximate surface area is 111 Å². The molecule has 0 saturated heterocycles. The summed E-state index contributed by atoms with van der Waals surface area (Å²) in [6, 6.07) is 8.04. The number of rotatable bonds is 2. The van der Waals surface area contributed by atoms with Crippen LogP contribution >= 0.6 is 12.6 Å². The average molecular weight is 261 g/mol. The zero-order valence-corrected chi connectivity index (χ0v) is 10.8. The fourth-order valence-corrected chi connectivity index (χ4v) is 2.92. The molecule has 94 valence electrons. The lowest BCUT2D eigenvalue weighted by atomic mass is 9.88. The second-order valence-corrected chi connectivity index (χ2v) is 4.98. The van der Waals surface area contributed by atoms with E-state index < -0.39 is 0 Å². The SMILES string of the molecule is Oc1c2c(c(O)n1CCS)-c1ccccc1CC2. The topological polar surface area (TPSA) is 45.4 Å². The van der Waals surface area contributed by atoms with Crippen LogP contribution in [0.2, 0.25) is 0 Å². The zero-order chi connectivity index (χ0) is 12.7. The largest absolute Gasteiger partial charge is 0.494 e. The van der Waals surface area contributed by atoms with Crippen LogP contribution in [0.25, 0.3) is 11.1 Å². The molecule has 0 spiro atoms. The van der Waals surface area contributed by atoms with Gasteiger partial charge in [-0.05, 0) is 24.0 Å². The van der Waals surface area contributed by atoms with Gasteiger partial charge in [-0.25, -0.2) is 0 Å². The number of thiol groups is 1. The van der Waals surface area contributed by atoms with E-state index in [4.69, 9.17) is 0 Å². The van der Waals surface area contributed by atoms with E-state index in [1.54, 1.807) is 4.57 Å². The average Bonchev–Trinajstić information content (AvgIpc) is 2.64. The van der Waals surface area contributed by atoms with Gasteiger partial charge in [0.25, 0.3) is 0 Å². The molecule has 1 aliphatic carbocycles. The van der Waals surface area contributed by atoms with Gasteiger partial charge in [-0.3, -0.25) is 4.57 Å². The Morgan fingerprint density at radius 3 is 2.67 bits per heavy atom. The molecule has 0 atom stereocenters. The summed E-state index contributed by atoms with van der Waals surface area (Å²) >= 11 is 4.16. The van der Waals surface area contributed by atoms with Crippen LogP contribution in [-0.2, 0) is 19.4 Å². The van der Waals surface area contributed by atoms with Crippen LogP contribution in [0.4, 0.5) is 0 Å². The monoisotopic (exact) mass is 261 g/mol. The molecule has 0 amide bonds. The summed E-state index contributed by atoms with van der Waals surface area (Å²) in [4.78, 5) is 0. The summed E-state index contributed by atoms with van der Waals surface area (Å²) in [7, 11) is 0. The van der Waals surface area contributed by atoms with Crippen LogP contribution < -0.4 is 0 Å². The number of fused-ring (bicyclic) bond motifs is 3. The van der Waals surface area contributed by atoms with Gasteiger partial charge >= 0.3 is 0 Å². The van der Waals surface area contributed by atoms with Gasteiger partial charge in [0.05, 0.1) is 5.56 Å². The fraction of sp³-hybridized carbons (Fsp3) is 0.286. The summed E-state index contributed by atoms with van der Waals surface area (Å²) in [6.07, 6.45) is 1.67. The molecule has 0 fully saturated rings. The van der Waals surface area contributed by atoms with Crippen LogP contribution in [0.3, 0.4) is 0 Å². The van der Waals surface area contributed by atoms with Crippen LogP contribution in [0.1, 0.15) is 11.1 Å². The van der Waals surface area contributed by atoms with Crippen molar-refractivity contribution in [2.24, 2.45) is 0 Å². The molecule has 1 heterocycles. The quantitative estimate of drug-likeness (QED) is 0.728. The standard InChI is InChI=1S/C14H15NO2S/c16-13-11-6-5-9-3-1-2-4-10(9)12(11)14(17)15(13)7-8-18/h1-4,16-18H,5-8H2. The molecular weight excluding hydrogens is 246 g/mol. The molecule has 4 heteroatoms. The van der Waals surface area contributed by atoms with Gasteiger partial charge in [0.1, 0.15) is 0 Å². The molecule has 1 aliphatic rings. The molecule has 2 aromatic rings. The highest BCUT2D eigenvalue weighted by atomic mass is 32.1. The van der Waals surface area contributed by atoms with Gasteiger partial charge in [-0.1, -0.05) is 24.3 Å². The first-order chi connectivity index (χ1) is 8.74. The molecule has 2 N–H and O–H groups in total. The Bertz CT molecular complexity index is 604. The van der Waals surface area contributed by atoms with Crippen molar-refractivity contribution in [2.75, 3.05) is 5.75 Å². The van der Waals surface area contributed by atoms with E-state index in [-0.39, 0.29) is 11.8 Å². The van der Waals surface area contributed by atoms with E-state index in [1.807, 2.05) is 18.2 Å². The molecule has 0 bridgehead atoms. The summed E-state index contributed by atoms with van der Waals surface area (Å²) in [5.74, 6) is 0.922. The number of hydrogen-bond donors (Lipinski definition) is 3. The van der Waals surface area contributed by atoms with Gasteiger partial charge in [-0.15, -0.1) is 0 Å². The minimum absolute atomic E-state index is 0.156. The van der Waals surface area contributed by atoms with Crippen molar-refractivity contribution in [3.63, 3.8) is 0 Å². The summed E-state index contributed by atoms with van der Waals surface area (Å²) in [5, 5.41) is 20.5. The molecule has 3 rings (SSSR count). The van der Waals surface area contributed by atoms with Crippen molar-refractivity contribution < 1.29 is 10.2 Å². The second kappa shape index (κ2) is 4.28. The Balaban J connectivity index is 2.25. The maximum Gasteiger partial charge on any atom is 0.202 e. The van der Waals surface area contributed by atoms with Crippen molar-refractivity contribution >= 4 is 12.6 Å². The van der Waals surface area contributed by atoms with Gasteiger partial charge in [0, 0.05) is 17.9 Å². The highest BCUT2D eigenvalue weighted by Crippen LogP contribution is 2.45. The normalized spacial score (nSPS) is 13.2. The fourth-order valence-electron chi connectivity index (χ4n) is 2.72. The lowest BCUT2D eigenvalue weighted by Gasteiger charge is -2.15. The van der Waals surface area contributed by atoms with Crippen molar-refractivity contribution in [1.82, 2.24) is 4.57 Å². The van der Waals surface area contributed by atoms with Crippen LogP contribution in [-0.4, -0.2) is 20.5 Å². The van der Waals surface area contributed by atoms with Crippen LogP contribution in [0.15, 0.2) is 24.3 Å². The Hall–Kier alpha value is -1.55. The van der Waals surface area contributed by atoms with Gasteiger partial charge in [0.2, 0.25) is 5.88 Å². The molecule has 0 unspecified atom stereocenters. The van der Waals surface area contributed by atoms with Gasteiger partial charge in [0.15, 0.2) is 5.88 Å². The van der Waals surface area contributed by atoms with Gasteiger partial charge < -0.3 is 10.2 Å². The van der Waals surface area contributed by atoms with Crippen molar-refractivity contribution in [3.8, 4) is 22.9 Å². The van der Waals surface area contributed by atoms with Crippen LogP contribution in [0.5, 0.6) is 11.8 Å². The second-order valence-electron chi connectivity index (χ2n) is 4.53. The molecule has 1 aromatic heterocycles. The number of aromatic nitrogens is 1. The molecule has 1 aromatic carbocycles. The minimum atomic E-state index is 0.156. The highest BCUT2D eigenvalue weighted by Gasteiger charge is 2.27. The molecular formula is C14H15NO2S. The highest BCUT2D eigenvalue weighted by molar-refractivity contribution is 7.80. The third kappa shape index (κ3) is 1.52. The number of aryl methyl sites for hydroxylation is 1.